The van der Waals surface area contributed by atoms with E-state index in [1.807, 2.05) is 55.6 Å². The molecule has 25 heavy (non-hydrogen) atoms. The fourth-order valence-electron chi connectivity index (χ4n) is 2.98. The Bertz CT molecular complexity index is 891. The molecule has 0 saturated carbocycles. The van der Waals surface area contributed by atoms with Crippen LogP contribution in [0.25, 0.3) is 22.4 Å². The summed E-state index contributed by atoms with van der Waals surface area (Å²) in [6.07, 6.45) is -0.434. The van der Waals surface area contributed by atoms with Crippen LogP contribution in [0.3, 0.4) is 0 Å². The van der Waals surface area contributed by atoms with Crippen molar-refractivity contribution in [1.29, 1.82) is 0 Å². The monoisotopic (exact) mass is 336 g/mol. The summed E-state index contributed by atoms with van der Waals surface area (Å²) in [7, 11) is 1.99. The SMILES string of the molecule is CN1CCO[C@@H](C(=O)Nc2ccc3nc(-c4ccccc4)[nH]c3c2)C1. The molecular weight excluding hydrogens is 316 g/mol. The van der Waals surface area contributed by atoms with Crippen LogP contribution in [0.4, 0.5) is 5.69 Å². The van der Waals surface area contributed by atoms with Crippen LogP contribution >= 0.6 is 0 Å². The van der Waals surface area contributed by atoms with E-state index in [0.29, 0.717) is 13.2 Å². The number of benzene rings is 2. The van der Waals surface area contributed by atoms with Crippen LogP contribution in [0, 0.1) is 0 Å². The van der Waals surface area contributed by atoms with Gasteiger partial charge in [0, 0.05) is 24.3 Å². The van der Waals surface area contributed by atoms with Crippen molar-refractivity contribution in [3.05, 3.63) is 48.5 Å². The second-order valence-corrected chi connectivity index (χ2v) is 6.29. The lowest BCUT2D eigenvalue weighted by Crippen LogP contribution is -2.46. The van der Waals surface area contributed by atoms with E-state index < -0.39 is 6.10 Å². The maximum Gasteiger partial charge on any atom is 0.254 e. The molecular formula is C19H20N4O2. The molecule has 4 rings (SSSR count). The molecule has 0 aliphatic carbocycles. The number of anilines is 1. The van der Waals surface area contributed by atoms with Gasteiger partial charge in [-0.25, -0.2) is 4.98 Å². The topological polar surface area (TPSA) is 70.2 Å². The van der Waals surface area contributed by atoms with Crippen LogP contribution < -0.4 is 5.32 Å². The molecule has 2 heterocycles. The third kappa shape index (κ3) is 3.40. The molecule has 1 aliphatic rings. The Labute approximate surface area is 145 Å². The van der Waals surface area contributed by atoms with Crippen LogP contribution in [0.1, 0.15) is 0 Å². The van der Waals surface area contributed by atoms with Gasteiger partial charge in [-0.3, -0.25) is 4.79 Å². The summed E-state index contributed by atoms with van der Waals surface area (Å²) in [5, 5.41) is 2.93. The van der Waals surface area contributed by atoms with Gasteiger partial charge in [-0.05, 0) is 25.2 Å². The highest BCUT2D eigenvalue weighted by atomic mass is 16.5. The molecule has 1 aliphatic heterocycles. The van der Waals surface area contributed by atoms with Gasteiger partial charge in [0.05, 0.1) is 17.6 Å². The quantitative estimate of drug-likeness (QED) is 0.771. The van der Waals surface area contributed by atoms with E-state index in [0.717, 1.165) is 34.7 Å². The minimum absolute atomic E-state index is 0.117. The third-order valence-electron chi connectivity index (χ3n) is 4.36. The van der Waals surface area contributed by atoms with Crippen molar-refractivity contribution >= 4 is 22.6 Å². The first-order chi connectivity index (χ1) is 12.2. The van der Waals surface area contributed by atoms with Gasteiger partial charge < -0.3 is 19.9 Å². The molecule has 1 atom stereocenters. The van der Waals surface area contributed by atoms with Crippen molar-refractivity contribution in [3.8, 4) is 11.4 Å². The summed E-state index contributed by atoms with van der Waals surface area (Å²) >= 11 is 0. The van der Waals surface area contributed by atoms with Gasteiger partial charge in [-0.1, -0.05) is 30.3 Å². The van der Waals surface area contributed by atoms with Gasteiger partial charge in [0.2, 0.25) is 0 Å². The molecule has 1 aromatic heterocycles. The van der Waals surface area contributed by atoms with E-state index in [-0.39, 0.29) is 5.91 Å². The summed E-state index contributed by atoms with van der Waals surface area (Å²) in [6.45, 7) is 2.04. The first-order valence-corrected chi connectivity index (χ1v) is 8.35. The first-order valence-electron chi connectivity index (χ1n) is 8.35. The van der Waals surface area contributed by atoms with Crippen LogP contribution in [-0.4, -0.2) is 53.6 Å². The van der Waals surface area contributed by atoms with Gasteiger partial charge in [0.1, 0.15) is 11.9 Å². The number of aromatic nitrogens is 2. The molecule has 6 heteroatoms. The van der Waals surface area contributed by atoms with Crippen LogP contribution in [0.5, 0.6) is 0 Å². The number of likely N-dealkylation sites (N-methyl/N-ethyl adjacent to an activating group) is 1. The summed E-state index contributed by atoms with van der Waals surface area (Å²) in [5.41, 5.74) is 3.52. The summed E-state index contributed by atoms with van der Waals surface area (Å²) in [5.74, 6) is 0.699. The predicted molar refractivity (Wildman–Crippen MR) is 97.4 cm³/mol. The highest BCUT2D eigenvalue weighted by Crippen LogP contribution is 2.23. The van der Waals surface area contributed by atoms with Crippen LogP contribution in [0.2, 0.25) is 0 Å². The van der Waals surface area contributed by atoms with Gasteiger partial charge in [-0.2, -0.15) is 0 Å². The average molecular weight is 336 g/mol. The highest BCUT2D eigenvalue weighted by Gasteiger charge is 2.24. The number of nitrogens with one attached hydrogen (secondary N) is 2. The number of amides is 1. The number of nitrogens with zero attached hydrogens (tertiary/aromatic N) is 2. The number of H-pyrrole nitrogens is 1. The lowest BCUT2D eigenvalue weighted by Gasteiger charge is -2.29. The number of carbonyl (C=O) groups excluding carboxylic acids is 1. The lowest BCUT2D eigenvalue weighted by atomic mass is 10.2. The molecule has 1 saturated heterocycles. The Morgan fingerprint density at radius 1 is 1.28 bits per heavy atom. The number of hydrogen-bond acceptors (Lipinski definition) is 4. The molecule has 2 aromatic carbocycles. The largest absolute Gasteiger partial charge is 0.366 e. The smallest absolute Gasteiger partial charge is 0.254 e. The van der Waals surface area contributed by atoms with Gasteiger partial charge in [0.15, 0.2) is 0 Å². The second-order valence-electron chi connectivity index (χ2n) is 6.29. The van der Waals surface area contributed by atoms with Crippen molar-refractivity contribution in [2.24, 2.45) is 0 Å². The first kappa shape index (κ1) is 15.8. The van der Waals surface area contributed by atoms with E-state index in [2.05, 4.69) is 20.2 Å². The minimum Gasteiger partial charge on any atom is -0.366 e. The van der Waals surface area contributed by atoms with Crippen LogP contribution in [0.15, 0.2) is 48.5 Å². The van der Waals surface area contributed by atoms with Gasteiger partial charge in [-0.15, -0.1) is 0 Å². The Kier molecular flexibility index (Phi) is 4.21. The number of fused-ring (bicyclic) bond motifs is 1. The number of ether oxygens (including phenoxy) is 1. The molecule has 0 unspecified atom stereocenters. The van der Waals surface area contributed by atoms with E-state index in [4.69, 9.17) is 4.74 Å². The summed E-state index contributed by atoms with van der Waals surface area (Å²) in [6, 6.07) is 15.6. The highest BCUT2D eigenvalue weighted by molar-refractivity contribution is 5.96. The molecule has 6 nitrogen and oxygen atoms in total. The predicted octanol–water partition coefficient (Wildman–Crippen LogP) is 2.50. The zero-order valence-corrected chi connectivity index (χ0v) is 14.0. The third-order valence-corrected chi connectivity index (χ3v) is 4.36. The zero-order valence-electron chi connectivity index (χ0n) is 14.0. The fourth-order valence-corrected chi connectivity index (χ4v) is 2.98. The number of morpholine rings is 1. The van der Waals surface area contributed by atoms with Gasteiger partial charge >= 0.3 is 0 Å². The molecule has 1 fully saturated rings. The second kappa shape index (κ2) is 6.66. The lowest BCUT2D eigenvalue weighted by molar-refractivity contribution is -0.132. The molecule has 0 spiro atoms. The summed E-state index contributed by atoms with van der Waals surface area (Å²) < 4.78 is 5.56. The number of imidazole rings is 1. The van der Waals surface area contributed by atoms with Crippen molar-refractivity contribution in [2.75, 3.05) is 32.1 Å². The Balaban J connectivity index is 1.54. The number of hydrogen-bond donors (Lipinski definition) is 2. The maximum absolute atomic E-state index is 12.4. The number of carbonyl (C=O) groups is 1. The molecule has 3 aromatic rings. The normalized spacial score (nSPS) is 18.4. The Morgan fingerprint density at radius 3 is 2.92 bits per heavy atom. The number of rotatable bonds is 3. The number of aromatic amines is 1. The maximum atomic E-state index is 12.4. The molecule has 1 amide bonds. The standard InChI is InChI=1S/C19H20N4O2/c1-23-9-10-25-17(12-23)19(24)20-14-7-8-15-16(11-14)22-18(21-15)13-5-3-2-4-6-13/h2-8,11,17H,9-10,12H2,1H3,(H,20,24)(H,21,22)/t17-/m1/s1. The van der Waals surface area contributed by atoms with Crippen molar-refractivity contribution in [2.45, 2.75) is 6.10 Å². The average Bonchev–Trinajstić information content (AvgIpc) is 3.06. The van der Waals surface area contributed by atoms with Crippen molar-refractivity contribution in [1.82, 2.24) is 14.9 Å². The van der Waals surface area contributed by atoms with Gasteiger partial charge in [0.25, 0.3) is 5.91 Å². The summed E-state index contributed by atoms with van der Waals surface area (Å²) in [4.78, 5) is 22.4. The Hall–Kier alpha value is -2.70. The Morgan fingerprint density at radius 2 is 2.12 bits per heavy atom. The molecule has 2 N–H and O–H groups in total. The van der Waals surface area contributed by atoms with E-state index in [1.165, 1.54) is 0 Å². The molecule has 0 bridgehead atoms. The van der Waals surface area contributed by atoms with E-state index in [1.54, 1.807) is 0 Å². The van der Waals surface area contributed by atoms with Crippen molar-refractivity contribution < 1.29 is 9.53 Å². The molecule has 0 radical (unpaired) electrons. The minimum atomic E-state index is -0.434. The van der Waals surface area contributed by atoms with Crippen molar-refractivity contribution in [3.63, 3.8) is 0 Å². The molecule has 128 valence electrons. The zero-order chi connectivity index (χ0) is 17.2. The van der Waals surface area contributed by atoms with E-state index >= 15 is 0 Å². The van der Waals surface area contributed by atoms with Crippen LogP contribution in [-0.2, 0) is 9.53 Å². The van der Waals surface area contributed by atoms with E-state index in [9.17, 15) is 4.79 Å². The fraction of sp³-hybridized carbons (Fsp3) is 0.263.